The van der Waals surface area contributed by atoms with E-state index >= 15 is 0 Å². The molecule has 1 heterocycles. The van der Waals surface area contributed by atoms with Gasteiger partial charge in [0.05, 0.1) is 0 Å². The molecule has 1 amide bonds. The van der Waals surface area contributed by atoms with Crippen molar-refractivity contribution < 1.29 is 4.79 Å². The van der Waals surface area contributed by atoms with Gasteiger partial charge in [-0.25, -0.2) is 0 Å². The summed E-state index contributed by atoms with van der Waals surface area (Å²) in [7, 11) is 0. The molecule has 1 aliphatic rings. The van der Waals surface area contributed by atoms with Crippen molar-refractivity contribution in [2.45, 2.75) is 19.8 Å². The fraction of sp³-hybridized carbons (Fsp3) is 0.364. The maximum atomic E-state index is 11.0. The van der Waals surface area contributed by atoms with Gasteiger partial charge in [0.1, 0.15) is 0 Å². The van der Waals surface area contributed by atoms with E-state index in [2.05, 4.69) is 16.7 Å². The Hall–Kier alpha value is -1.51. The highest BCUT2D eigenvalue weighted by molar-refractivity contribution is 5.90. The molecule has 1 aliphatic heterocycles. The molecule has 1 aromatic rings. The fourth-order valence-corrected chi connectivity index (χ4v) is 1.82. The van der Waals surface area contributed by atoms with Gasteiger partial charge >= 0.3 is 0 Å². The molecular weight excluding hydrogens is 176 g/mol. The smallest absolute Gasteiger partial charge is 0.221 e. The molecule has 74 valence electrons. The van der Waals surface area contributed by atoms with Gasteiger partial charge in [-0.2, -0.15) is 0 Å². The first-order valence-corrected chi connectivity index (χ1v) is 4.91. The van der Waals surface area contributed by atoms with Gasteiger partial charge in [-0.05, 0) is 30.5 Å². The average Bonchev–Trinajstić information content (AvgIpc) is 2.18. The minimum atomic E-state index is -0.0102. The van der Waals surface area contributed by atoms with Crippen molar-refractivity contribution in [2.75, 3.05) is 17.2 Å². The van der Waals surface area contributed by atoms with Crippen LogP contribution in [0.25, 0.3) is 0 Å². The molecule has 0 saturated carbocycles. The van der Waals surface area contributed by atoms with E-state index < -0.39 is 0 Å². The van der Waals surface area contributed by atoms with Gasteiger partial charge < -0.3 is 10.6 Å². The number of fused-ring (bicyclic) bond motifs is 1. The maximum absolute atomic E-state index is 11.0. The van der Waals surface area contributed by atoms with E-state index in [1.54, 1.807) is 0 Å². The van der Waals surface area contributed by atoms with Crippen molar-refractivity contribution in [3.05, 3.63) is 23.8 Å². The van der Waals surface area contributed by atoms with E-state index in [0.717, 1.165) is 30.8 Å². The van der Waals surface area contributed by atoms with Gasteiger partial charge in [0.15, 0.2) is 0 Å². The molecule has 14 heavy (non-hydrogen) atoms. The molecule has 0 atom stereocenters. The van der Waals surface area contributed by atoms with Crippen LogP contribution in [-0.2, 0) is 11.2 Å². The number of hydrogen-bond donors (Lipinski definition) is 2. The van der Waals surface area contributed by atoms with Gasteiger partial charge in [0.25, 0.3) is 0 Å². The zero-order valence-electron chi connectivity index (χ0n) is 8.26. The first-order valence-electron chi connectivity index (χ1n) is 4.91. The Kier molecular flexibility index (Phi) is 2.39. The van der Waals surface area contributed by atoms with E-state index in [-0.39, 0.29) is 5.91 Å². The molecule has 0 bridgehead atoms. The Labute approximate surface area is 83.5 Å². The van der Waals surface area contributed by atoms with Crippen LogP contribution < -0.4 is 10.6 Å². The summed E-state index contributed by atoms with van der Waals surface area (Å²) >= 11 is 0. The fourth-order valence-electron chi connectivity index (χ4n) is 1.82. The number of hydrogen-bond acceptors (Lipinski definition) is 2. The molecule has 2 N–H and O–H groups in total. The second-order valence-electron chi connectivity index (χ2n) is 3.54. The minimum Gasteiger partial charge on any atom is -0.385 e. The number of carbonyl (C=O) groups is 1. The topological polar surface area (TPSA) is 41.1 Å². The van der Waals surface area contributed by atoms with E-state index in [1.165, 1.54) is 12.5 Å². The number of amides is 1. The summed E-state index contributed by atoms with van der Waals surface area (Å²) in [4.78, 5) is 11.0. The predicted molar refractivity (Wildman–Crippen MR) is 57.6 cm³/mol. The summed E-state index contributed by atoms with van der Waals surface area (Å²) in [6.07, 6.45) is 2.17. The minimum absolute atomic E-state index is 0.0102. The van der Waals surface area contributed by atoms with Crippen LogP contribution in [-0.4, -0.2) is 12.5 Å². The SMILES string of the molecule is CC(=O)Nc1cccc2c1CCCN2. The summed E-state index contributed by atoms with van der Waals surface area (Å²) in [5.41, 5.74) is 3.33. The number of nitrogens with one attached hydrogen (secondary N) is 2. The summed E-state index contributed by atoms with van der Waals surface area (Å²) in [5.74, 6) is -0.0102. The van der Waals surface area contributed by atoms with Crippen LogP contribution in [0.1, 0.15) is 18.9 Å². The Morgan fingerprint density at radius 3 is 3.14 bits per heavy atom. The van der Waals surface area contributed by atoms with Gasteiger partial charge in [-0.1, -0.05) is 6.07 Å². The van der Waals surface area contributed by atoms with Crippen molar-refractivity contribution in [1.82, 2.24) is 0 Å². The quantitative estimate of drug-likeness (QED) is 0.711. The highest BCUT2D eigenvalue weighted by Crippen LogP contribution is 2.28. The van der Waals surface area contributed by atoms with E-state index in [0.29, 0.717) is 0 Å². The normalized spacial score (nSPS) is 14.1. The first kappa shape index (κ1) is 9.06. The maximum Gasteiger partial charge on any atom is 0.221 e. The van der Waals surface area contributed by atoms with Crippen LogP contribution in [0.4, 0.5) is 11.4 Å². The number of anilines is 2. The van der Waals surface area contributed by atoms with Crippen LogP contribution in [0.5, 0.6) is 0 Å². The van der Waals surface area contributed by atoms with Gasteiger partial charge in [0.2, 0.25) is 5.91 Å². The second-order valence-corrected chi connectivity index (χ2v) is 3.54. The van der Waals surface area contributed by atoms with Gasteiger partial charge in [0, 0.05) is 24.8 Å². The lowest BCUT2D eigenvalue weighted by atomic mass is 10.0. The molecule has 2 rings (SSSR count). The predicted octanol–water partition coefficient (Wildman–Crippen LogP) is 2.00. The third-order valence-corrected chi connectivity index (χ3v) is 2.41. The van der Waals surface area contributed by atoms with Crippen molar-refractivity contribution in [2.24, 2.45) is 0 Å². The zero-order valence-corrected chi connectivity index (χ0v) is 8.26. The molecule has 3 nitrogen and oxygen atoms in total. The average molecular weight is 190 g/mol. The molecular formula is C11H14N2O. The molecule has 0 radical (unpaired) electrons. The van der Waals surface area contributed by atoms with Crippen LogP contribution in [0.2, 0.25) is 0 Å². The molecule has 0 aliphatic carbocycles. The highest BCUT2D eigenvalue weighted by atomic mass is 16.1. The highest BCUT2D eigenvalue weighted by Gasteiger charge is 2.12. The van der Waals surface area contributed by atoms with E-state index in [1.807, 2.05) is 12.1 Å². The van der Waals surface area contributed by atoms with Gasteiger partial charge in [-0.3, -0.25) is 4.79 Å². The van der Waals surface area contributed by atoms with Crippen LogP contribution >= 0.6 is 0 Å². The van der Waals surface area contributed by atoms with Crippen molar-refractivity contribution in [1.29, 1.82) is 0 Å². The summed E-state index contributed by atoms with van der Waals surface area (Å²) in [6, 6.07) is 5.97. The standard InChI is InChI=1S/C11H14N2O/c1-8(14)13-11-6-2-5-10-9(11)4-3-7-12-10/h2,5-6,12H,3-4,7H2,1H3,(H,13,14). The first-order chi connectivity index (χ1) is 6.77. The van der Waals surface area contributed by atoms with Crippen molar-refractivity contribution in [3.63, 3.8) is 0 Å². The summed E-state index contributed by atoms with van der Waals surface area (Å²) < 4.78 is 0. The summed E-state index contributed by atoms with van der Waals surface area (Å²) in [5, 5.41) is 6.18. The van der Waals surface area contributed by atoms with Crippen LogP contribution in [0.15, 0.2) is 18.2 Å². The zero-order chi connectivity index (χ0) is 9.97. The third-order valence-electron chi connectivity index (χ3n) is 2.41. The Morgan fingerprint density at radius 1 is 1.50 bits per heavy atom. The summed E-state index contributed by atoms with van der Waals surface area (Å²) in [6.45, 7) is 2.56. The Balaban J connectivity index is 2.35. The molecule has 3 heteroatoms. The molecule has 0 fully saturated rings. The van der Waals surface area contributed by atoms with Gasteiger partial charge in [-0.15, -0.1) is 0 Å². The third kappa shape index (κ3) is 1.71. The number of benzene rings is 1. The van der Waals surface area contributed by atoms with Crippen LogP contribution in [0.3, 0.4) is 0 Å². The lowest BCUT2D eigenvalue weighted by Crippen LogP contribution is -2.15. The molecule has 0 spiro atoms. The number of rotatable bonds is 1. The van der Waals surface area contributed by atoms with Crippen molar-refractivity contribution >= 4 is 17.3 Å². The van der Waals surface area contributed by atoms with E-state index in [4.69, 9.17) is 0 Å². The second kappa shape index (κ2) is 3.70. The van der Waals surface area contributed by atoms with Crippen LogP contribution in [0, 0.1) is 0 Å². The molecule has 0 saturated heterocycles. The Bertz CT molecular complexity index is 360. The largest absolute Gasteiger partial charge is 0.385 e. The lowest BCUT2D eigenvalue weighted by molar-refractivity contribution is -0.114. The molecule has 1 aromatic carbocycles. The lowest BCUT2D eigenvalue weighted by Gasteiger charge is -2.20. The monoisotopic (exact) mass is 190 g/mol. The number of carbonyl (C=O) groups excluding carboxylic acids is 1. The molecule has 0 unspecified atom stereocenters. The molecule has 0 aromatic heterocycles. The Morgan fingerprint density at radius 2 is 2.36 bits per heavy atom. The van der Waals surface area contributed by atoms with Crippen molar-refractivity contribution in [3.8, 4) is 0 Å². The van der Waals surface area contributed by atoms with E-state index in [9.17, 15) is 4.79 Å².